The minimum Gasteiger partial charge on any atom is -0.493 e. The van der Waals surface area contributed by atoms with Crippen LogP contribution >= 0.6 is 0 Å². The minimum atomic E-state index is -0.582. The van der Waals surface area contributed by atoms with Gasteiger partial charge in [0.25, 0.3) is 0 Å². The van der Waals surface area contributed by atoms with E-state index >= 15 is 0 Å². The monoisotopic (exact) mass is 352 g/mol. The molecule has 0 aliphatic carbocycles. The first-order valence-corrected chi connectivity index (χ1v) is 8.23. The molecule has 3 aromatic rings. The fraction of sp³-hybridized carbons (Fsp3) is 0.211. The lowest BCUT2D eigenvalue weighted by Gasteiger charge is -2.06. The average Bonchev–Trinajstić information content (AvgIpc) is 2.93. The van der Waals surface area contributed by atoms with Crippen molar-refractivity contribution in [3.05, 3.63) is 60.2 Å². The van der Waals surface area contributed by atoms with Crippen molar-refractivity contribution in [1.29, 1.82) is 0 Å². The quantitative estimate of drug-likeness (QED) is 0.522. The predicted octanol–water partition coefficient (Wildman–Crippen LogP) is 3.83. The molecule has 1 aromatic heterocycles. The maximum atomic E-state index is 11.7. The number of carbonyl (C=O) groups is 1. The largest absolute Gasteiger partial charge is 0.493 e. The van der Waals surface area contributed by atoms with Gasteiger partial charge in [-0.1, -0.05) is 53.6 Å². The molecule has 0 spiro atoms. The molecule has 2 N–H and O–H groups in total. The summed E-state index contributed by atoms with van der Waals surface area (Å²) in [5.74, 6) is -0.0245. The Kier molecular flexibility index (Phi) is 5.60. The first kappa shape index (κ1) is 17.6. The van der Waals surface area contributed by atoms with Gasteiger partial charge >= 0.3 is 6.03 Å². The molecule has 26 heavy (non-hydrogen) atoms. The number of hydrogen-bond acceptors (Lipinski definition) is 4. The van der Waals surface area contributed by atoms with E-state index in [0.717, 1.165) is 16.5 Å². The number of nitrogens with zero attached hydrogens (tertiary/aromatic N) is 3. The van der Waals surface area contributed by atoms with Gasteiger partial charge in [-0.05, 0) is 11.6 Å². The molecule has 0 saturated carbocycles. The van der Waals surface area contributed by atoms with Gasteiger partial charge in [0.1, 0.15) is 0 Å². The number of carbonyl (C=O) groups excluding carboxylic acids is 1. The van der Waals surface area contributed by atoms with E-state index in [2.05, 4.69) is 15.5 Å². The summed E-state index contributed by atoms with van der Waals surface area (Å²) in [6.07, 6.45) is 0. The van der Waals surface area contributed by atoms with Crippen molar-refractivity contribution in [2.45, 2.75) is 6.54 Å². The Morgan fingerprint density at radius 3 is 2.65 bits per heavy atom. The van der Waals surface area contributed by atoms with Crippen molar-refractivity contribution in [2.24, 2.45) is 10.2 Å². The minimum absolute atomic E-state index is 0.0245. The zero-order chi connectivity index (χ0) is 18.4. The number of aromatic nitrogens is 1. The summed E-state index contributed by atoms with van der Waals surface area (Å²) in [5.41, 5.74) is 2.14. The summed E-state index contributed by atoms with van der Waals surface area (Å²) in [6.45, 7) is 1.22. The van der Waals surface area contributed by atoms with Crippen LogP contribution in [0.1, 0.15) is 5.56 Å². The highest BCUT2D eigenvalue weighted by Crippen LogP contribution is 2.39. The number of benzene rings is 2. The Bertz CT molecular complexity index is 919. The van der Waals surface area contributed by atoms with Crippen molar-refractivity contribution >= 4 is 22.6 Å². The molecule has 2 aromatic carbocycles. The van der Waals surface area contributed by atoms with E-state index in [0.29, 0.717) is 19.7 Å². The van der Waals surface area contributed by atoms with Crippen LogP contribution in [0, 0.1) is 0 Å². The van der Waals surface area contributed by atoms with Gasteiger partial charge in [-0.25, -0.2) is 4.79 Å². The van der Waals surface area contributed by atoms with Crippen LogP contribution in [-0.4, -0.2) is 36.0 Å². The van der Waals surface area contributed by atoms with E-state index in [4.69, 9.17) is 4.74 Å². The second-order valence-corrected chi connectivity index (χ2v) is 5.69. The van der Waals surface area contributed by atoms with E-state index in [1.54, 1.807) is 11.7 Å². The van der Waals surface area contributed by atoms with Gasteiger partial charge < -0.3 is 19.7 Å². The van der Waals surface area contributed by atoms with E-state index in [9.17, 15) is 9.90 Å². The number of ether oxygens (including phenoxy) is 1. The third-order valence-corrected chi connectivity index (χ3v) is 3.92. The number of nitrogens with one attached hydrogen (secondary N) is 1. The van der Waals surface area contributed by atoms with Crippen LogP contribution in [0.4, 0.5) is 10.5 Å². The van der Waals surface area contributed by atoms with E-state index in [1.165, 1.54) is 0 Å². The topological polar surface area (TPSA) is 88.2 Å². The Morgan fingerprint density at radius 1 is 1.15 bits per heavy atom. The zero-order valence-electron chi connectivity index (χ0n) is 14.4. The lowest BCUT2D eigenvalue weighted by Crippen LogP contribution is -2.23. The highest BCUT2D eigenvalue weighted by atomic mass is 16.5. The molecule has 0 unspecified atom stereocenters. The Morgan fingerprint density at radius 2 is 1.88 bits per heavy atom. The second-order valence-electron chi connectivity index (χ2n) is 5.69. The van der Waals surface area contributed by atoms with Crippen molar-refractivity contribution < 1.29 is 14.6 Å². The molecular formula is C19H20N4O3. The molecule has 0 aliphatic rings. The third-order valence-electron chi connectivity index (χ3n) is 3.92. The second kappa shape index (κ2) is 8.26. The predicted molar refractivity (Wildman–Crippen MR) is 98.9 cm³/mol. The van der Waals surface area contributed by atoms with Crippen LogP contribution < -0.4 is 5.32 Å². The summed E-state index contributed by atoms with van der Waals surface area (Å²) in [5, 5.41) is 21.6. The molecule has 2 amide bonds. The first-order chi connectivity index (χ1) is 12.7. The number of fused-ring (bicyclic) bond motifs is 1. The standard InChI is InChI=1S/C19H20N4O3/c1-26-12-11-20-19(25)22-21-17-15-9-5-6-10-16(15)23(18(17)24)13-14-7-3-2-4-8-14/h2-10,24H,11-13H2,1H3,(H,20,25). The van der Waals surface area contributed by atoms with E-state index < -0.39 is 6.03 Å². The van der Waals surface area contributed by atoms with Crippen molar-refractivity contribution in [3.63, 3.8) is 0 Å². The average molecular weight is 352 g/mol. The van der Waals surface area contributed by atoms with E-state index in [1.807, 2.05) is 54.6 Å². The van der Waals surface area contributed by atoms with Gasteiger partial charge in [0.05, 0.1) is 18.7 Å². The Labute approximate surface area is 150 Å². The van der Waals surface area contributed by atoms with Crippen molar-refractivity contribution in [3.8, 4) is 5.88 Å². The summed E-state index contributed by atoms with van der Waals surface area (Å²) < 4.78 is 6.61. The Hall–Kier alpha value is -3.19. The lowest BCUT2D eigenvalue weighted by atomic mass is 10.2. The smallest absolute Gasteiger partial charge is 0.359 e. The third kappa shape index (κ3) is 3.89. The van der Waals surface area contributed by atoms with Gasteiger partial charge in [0.15, 0.2) is 5.69 Å². The number of rotatable bonds is 6. The summed E-state index contributed by atoms with van der Waals surface area (Å²) in [6, 6.07) is 16.7. The van der Waals surface area contributed by atoms with Crippen molar-refractivity contribution in [1.82, 2.24) is 9.88 Å². The van der Waals surface area contributed by atoms with Crippen LogP contribution in [-0.2, 0) is 11.3 Å². The highest BCUT2D eigenvalue weighted by molar-refractivity contribution is 5.95. The van der Waals surface area contributed by atoms with Gasteiger partial charge in [-0.2, -0.15) is 0 Å². The fourth-order valence-corrected chi connectivity index (χ4v) is 2.69. The van der Waals surface area contributed by atoms with Gasteiger partial charge in [-0.15, -0.1) is 5.11 Å². The first-order valence-electron chi connectivity index (χ1n) is 8.23. The summed E-state index contributed by atoms with van der Waals surface area (Å²) in [4.78, 5) is 11.7. The molecule has 7 heteroatoms. The molecule has 0 atom stereocenters. The zero-order valence-corrected chi connectivity index (χ0v) is 14.4. The summed E-state index contributed by atoms with van der Waals surface area (Å²) in [7, 11) is 1.55. The van der Waals surface area contributed by atoms with Crippen LogP contribution in [0.5, 0.6) is 5.88 Å². The van der Waals surface area contributed by atoms with Crippen LogP contribution in [0.3, 0.4) is 0 Å². The molecule has 134 valence electrons. The van der Waals surface area contributed by atoms with Crippen LogP contribution in [0.25, 0.3) is 10.9 Å². The molecule has 0 aliphatic heterocycles. The SMILES string of the molecule is COCCNC(=O)N=Nc1c(O)n(Cc2ccccc2)c2ccccc12. The van der Waals surface area contributed by atoms with E-state index in [-0.39, 0.29) is 11.6 Å². The maximum Gasteiger partial charge on any atom is 0.359 e. The number of hydrogen-bond donors (Lipinski definition) is 2. The van der Waals surface area contributed by atoms with Crippen molar-refractivity contribution in [2.75, 3.05) is 20.3 Å². The molecule has 0 bridgehead atoms. The van der Waals surface area contributed by atoms with Gasteiger partial charge in [-0.3, -0.25) is 0 Å². The molecule has 0 saturated heterocycles. The molecule has 3 rings (SSSR count). The Balaban J connectivity index is 1.91. The number of amides is 2. The molecule has 0 fully saturated rings. The molecule has 0 radical (unpaired) electrons. The van der Waals surface area contributed by atoms with Crippen LogP contribution in [0.15, 0.2) is 64.8 Å². The summed E-state index contributed by atoms with van der Waals surface area (Å²) >= 11 is 0. The van der Waals surface area contributed by atoms with Crippen LogP contribution in [0.2, 0.25) is 0 Å². The molecule has 1 heterocycles. The molecule has 7 nitrogen and oxygen atoms in total. The number of methoxy groups -OCH3 is 1. The van der Waals surface area contributed by atoms with Gasteiger partial charge in [0, 0.05) is 19.0 Å². The number of azo groups is 1. The van der Waals surface area contributed by atoms with Gasteiger partial charge in [0.2, 0.25) is 5.88 Å². The number of para-hydroxylation sites is 1. The number of urea groups is 1. The fourth-order valence-electron chi connectivity index (χ4n) is 2.69. The normalized spacial score (nSPS) is 11.3. The lowest BCUT2D eigenvalue weighted by molar-refractivity contribution is 0.197. The highest BCUT2D eigenvalue weighted by Gasteiger charge is 2.16. The number of aromatic hydroxyl groups is 1. The molecular weight excluding hydrogens is 332 g/mol. The maximum absolute atomic E-state index is 11.7.